The molecule has 0 amide bonds. The number of carbonyl (C=O) groups excluding carboxylic acids is 7. The SMILES string of the molecule is CO[C@H]1O[C@H](COC(=O)c2ccccc2)[C@@H](O[C@H]2O[C@H](COC(=O)c3ccccc3)[C@@H](OC(=O)c3ccccc3)[C@H](OC(=O)c3ccccc3)[C@@H]2OC(=O)c2ccccc2)[C@H](OC(=O)c2ccccc2)[C@H]1OC(=O)c1ccccc1. The summed E-state index contributed by atoms with van der Waals surface area (Å²) in [4.78, 5) is 99.2. The van der Waals surface area contributed by atoms with Gasteiger partial charge in [-0.25, -0.2) is 33.6 Å². The first-order valence-electron chi connectivity index (χ1n) is 25.3. The van der Waals surface area contributed by atoms with Crippen molar-refractivity contribution in [2.45, 2.75) is 61.4 Å². The monoisotopic (exact) mass is 1080 g/mol. The molecule has 0 aliphatic carbocycles. The Hall–Kier alpha value is -9.33. The number of methoxy groups -OCH3 is 1. The summed E-state index contributed by atoms with van der Waals surface area (Å²) in [5, 5.41) is 0. The molecule has 0 radical (unpaired) electrons. The van der Waals surface area contributed by atoms with Crippen LogP contribution in [0.4, 0.5) is 0 Å². The third-order valence-electron chi connectivity index (χ3n) is 12.7. The van der Waals surface area contributed by atoms with Crippen molar-refractivity contribution in [1.29, 1.82) is 0 Å². The van der Waals surface area contributed by atoms with Crippen LogP contribution in [-0.2, 0) is 52.1 Å². The molecule has 7 aromatic rings. The molecule has 408 valence electrons. The number of hydrogen-bond donors (Lipinski definition) is 0. The van der Waals surface area contributed by atoms with Gasteiger partial charge in [-0.1, -0.05) is 127 Å². The number of benzene rings is 7. The van der Waals surface area contributed by atoms with Crippen LogP contribution < -0.4 is 0 Å². The Labute approximate surface area is 458 Å². The molecule has 0 bridgehead atoms. The molecular formula is C62H52O18. The number of hydrogen-bond acceptors (Lipinski definition) is 18. The van der Waals surface area contributed by atoms with Crippen LogP contribution in [0, 0.1) is 0 Å². The van der Waals surface area contributed by atoms with E-state index in [2.05, 4.69) is 0 Å². The van der Waals surface area contributed by atoms with Gasteiger partial charge < -0.3 is 52.1 Å². The van der Waals surface area contributed by atoms with E-state index in [0.29, 0.717) is 0 Å². The van der Waals surface area contributed by atoms with Gasteiger partial charge >= 0.3 is 41.8 Å². The summed E-state index contributed by atoms with van der Waals surface area (Å²) in [5.74, 6) is -6.45. The highest BCUT2D eigenvalue weighted by molar-refractivity contribution is 5.93. The predicted molar refractivity (Wildman–Crippen MR) is 281 cm³/mol. The summed E-state index contributed by atoms with van der Waals surface area (Å²) >= 11 is 0. The summed E-state index contributed by atoms with van der Waals surface area (Å²) in [6, 6.07) is 54.9. The van der Waals surface area contributed by atoms with E-state index in [9.17, 15) is 33.6 Å². The fourth-order valence-electron chi connectivity index (χ4n) is 8.77. The molecule has 18 heteroatoms. The Kier molecular flexibility index (Phi) is 18.6. The molecule has 2 aliphatic heterocycles. The highest BCUT2D eigenvalue weighted by Gasteiger charge is 2.58. The van der Waals surface area contributed by atoms with Gasteiger partial charge in [0.05, 0.1) is 38.9 Å². The van der Waals surface area contributed by atoms with Crippen molar-refractivity contribution >= 4 is 41.8 Å². The van der Waals surface area contributed by atoms with E-state index in [-0.39, 0.29) is 38.9 Å². The second-order valence-electron chi connectivity index (χ2n) is 18.0. The lowest BCUT2D eigenvalue weighted by atomic mass is 9.95. The third kappa shape index (κ3) is 13.9. The van der Waals surface area contributed by atoms with Crippen LogP contribution in [0.2, 0.25) is 0 Å². The predicted octanol–water partition coefficient (Wildman–Crippen LogP) is 8.31. The molecule has 0 spiro atoms. The molecule has 0 N–H and O–H groups in total. The molecule has 0 unspecified atom stereocenters. The molecule has 2 heterocycles. The molecule has 10 atom stereocenters. The fourth-order valence-corrected chi connectivity index (χ4v) is 8.77. The van der Waals surface area contributed by atoms with Gasteiger partial charge in [0.1, 0.15) is 31.5 Å². The lowest BCUT2D eigenvalue weighted by Gasteiger charge is -2.48. The number of rotatable bonds is 19. The van der Waals surface area contributed by atoms with E-state index < -0.39 is 116 Å². The van der Waals surface area contributed by atoms with E-state index >= 15 is 0 Å². The molecule has 80 heavy (non-hydrogen) atoms. The highest BCUT2D eigenvalue weighted by atomic mass is 16.8. The summed E-state index contributed by atoms with van der Waals surface area (Å²) in [6.07, 6.45) is -17.7. The maximum Gasteiger partial charge on any atom is 0.338 e. The maximum atomic E-state index is 14.5. The van der Waals surface area contributed by atoms with E-state index in [4.69, 9.17) is 52.1 Å². The number of carbonyl (C=O) groups is 7. The van der Waals surface area contributed by atoms with Crippen LogP contribution in [0.1, 0.15) is 72.5 Å². The van der Waals surface area contributed by atoms with Crippen LogP contribution in [0.25, 0.3) is 0 Å². The van der Waals surface area contributed by atoms with E-state index in [1.54, 1.807) is 127 Å². The first-order chi connectivity index (χ1) is 39.0. The van der Waals surface area contributed by atoms with Gasteiger partial charge in [0.2, 0.25) is 0 Å². The minimum absolute atomic E-state index is 0.00771. The van der Waals surface area contributed by atoms with Gasteiger partial charge in [-0.05, 0) is 84.9 Å². The van der Waals surface area contributed by atoms with Crippen molar-refractivity contribution in [3.8, 4) is 0 Å². The smallest absolute Gasteiger partial charge is 0.338 e. The minimum atomic E-state index is -2.04. The second-order valence-corrected chi connectivity index (χ2v) is 18.0. The fraction of sp³-hybridized carbons (Fsp3) is 0.210. The van der Waals surface area contributed by atoms with Crippen molar-refractivity contribution in [3.63, 3.8) is 0 Å². The zero-order valence-corrected chi connectivity index (χ0v) is 42.7. The lowest BCUT2D eigenvalue weighted by Crippen LogP contribution is -2.67. The molecule has 0 aromatic heterocycles. The second kappa shape index (κ2) is 26.8. The van der Waals surface area contributed by atoms with Gasteiger partial charge in [0.25, 0.3) is 0 Å². The zero-order chi connectivity index (χ0) is 55.8. The average Bonchev–Trinajstić information content (AvgIpc) is 3.71. The normalized spacial score (nSPS) is 22.3. The van der Waals surface area contributed by atoms with Crippen molar-refractivity contribution in [2.24, 2.45) is 0 Å². The van der Waals surface area contributed by atoms with Crippen LogP contribution in [0.5, 0.6) is 0 Å². The first-order valence-corrected chi connectivity index (χ1v) is 25.3. The summed E-state index contributed by atoms with van der Waals surface area (Å²) in [7, 11) is 1.24. The molecule has 0 saturated carbocycles. The first kappa shape index (κ1) is 55.4. The standard InChI is InChI=1S/C62H52O18/c1-70-61-52(78-59(68)44-33-19-7-20-34-44)51(77-58(67)43-31-17-6-18-32-43)49(47(73-61)38-72-55(64)40-25-11-3-12-26-40)80-62-53(79-60(69)45-35-21-8-22-36-45)50(76-57(66)42-29-15-5-16-30-42)48(75-56(65)41-27-13-4-14-28-41)46(74-62)37-71-54(63)39-23-9-2-10-24-39/h2-36,46-53,61-62H,37-38H2,1H3/t46-,47-,48-,49-,50+,51+,52-,53+,61+,62-/m1/s1. The van der Waals surface area contributed by atoms with Gasteiger partial charge in [-0.2, -0.15) is 0 Å². The van der Waals surface area contributed by atoms with Crippen molar-refractivity contribution in [2.75, 3.05) is 20.3 Å². The van der Waals surface area contributed by atoms with Crippen molar-refractivity contribution in [3.05, 3.63) is 251 Å². The van der Waals surface area contributed by atoms with Crippen LogP contribution >= 0.6 is 0 Å². The largest absolute Gasteiger partial charge is 0.459 e. The van der Waals surface area contributed by atoms with E-state index in [1.807, 2.05) is 0 Å². The van der Waals surface area contributed by atoms with Crippen molar-refractivity contribution in [1.82, 2.24) is 0 Å². The Balaban J connectivity index is 1.19. The maximum absolute atomic E-state index is 14.5. The van der Waals surface area contributed by atoms with E-state index in [0.717, 1.165) is 0 Å². The molecule has 2 aliphatic rings. The summed E-state index contributed by atoms with van der Waals surface area (Å²) in [6.45, 7) is -1.39. The topological polar surface area (TPSA) is 221 Å². The Morgan fingerprint density at radius 3 is 0.850 bits per heavy atom. The molecule has 7 aromatic carbocycles. The van der Waals surface area contributed by atoms with Gasteiger partial charge in [0.15, 0.2) is 43.1 Å². The van der Waals surface area contributed by atoms with Gasteiger partial charge in [0, 0.05) is 7.11 Å². The minimum Gasteiger partial charge on any atom is -0.459 e. The molecule has 2 saturated heterocycles. The molecule has 9 rings (SSSR count). The van der Waals surface area contributed by atoms with Crippen LogP contribution in [0.15, 0.2) is 212 Å². The van der Waals surface area contributed by atoms with E-state index in [1.165, 1.54) is 92.0 Å². The van der Waals surface area contributed by atoms with Gasteiger partial charge in [-0.15, -0.1) is 0 Å². The lowest BCUT2D eigenvalue weighted by molar-refractivity contribution is -0.354. The Bertz CT molecular complexity index is 3190. The molecule has 2 fully saturated rings. The highest BCUT2D eigenvalue weighted by Crippen LogP contribution is 2.37. The quantitative estimate of drug-likeness (QED) is 0.0549. The summed E-state index contributed by atoms with van der Waals surface area (Å²) < 4.78 is 68.9. The Morgan fingerprint density at radius 2 is 0.537 bits per heavy atom. The number of esters is 7. The van der Waals surface area contributed by atoms with Gasteiger partial charge in [-0.3, -0.25) is 0 Å². The summed E-state index contributed by atoms with van der Waals surface area (Å²) in [5.41, 5.74) is 0.502. The van der Waals surface area contributed by atoms with Crippen LogP contribution in [-0.4, -0.2) is 124 Å². The van der Waals surface area contributed by atoms with Crippen molar-refractivity contribution < 1.29 is 85.7 Å². The zero-order valence-electron chi connectivity index (χ0n) is 42.7. The molecular weight excluding hydrogens is 1030 g/mol. The van der Waals surface area contributed by atoms with Crippen LogP contribution in [0.3, 0.4) is 0 Å². The average molecular weight is 1090 g/mol. The Morgan fingerprint density at radius 1 is 0.300 bits per heavy atom. The number of ether oxygens (including phenoxy) is 11. The third-order valence-corrected chi connectivity index (χ3v) is 12.7. The molecule has 18 nitrogen and oxygen atoms in total.